The zero-order valence-corrected chi connectivity index (χ0v) is 20.1. The Morgan fingerprint density at radius 3 is 2.50 bits per heavy atom. The van der Waals surface area contributed by atoms with E-state index in [0.29, 0.717) is 11.6 Å². The van der Waals surface area contributed by atoms with Crippen LogP contribution in [-0.4, -0.2) is 32.6 Å². The van der Waals surface area contributed by atoms with Crippen LogP contribution in [0.5, 0.6) is 0 Å². The van der Waals surface area contributed by atoms with Gasteiger partial charge in [-0.25, -0.2) is 4.98 Å². The fourth-order valence-corrected chi connectivity index (χ4v) is 4.87. The van der Waals surface area contributed by atoms with Crippen LogP contribution < -0.4 is 5.32 Å². The summed E-state index contributed by atoms with van der Waals surface area (Å²) in [6.45, 7) is 8.34. The van der Waals surface area contributed by atoms with Gasteiger partial charge in [0.15, 0.2) is 0 Å². The number of amides is 1. The molecule has 172 valence electrons. The van der Waals surface area contributed by atoms with Crippen molar-refractivity contribution in [2.24, 2.45) is 5.92 Å². The maximum atomic E-state index is 13.0. The molecule has 3 aromatic rings. The molecule has 2 aromatic heterocycles. The molecule has 6 nitrogen and oxygen atoms in total. The Bertz CT molecular complexity index is 1050. The molecule has 0 spiro atoms. The molecular weight excluding hydrogens is 422 g/mol. The first-order valence-electron chi connectivity index (χ1n) is 11.4. The molecule has 0 aliphatic carbocycles. The molecule has 0 saturated carbocycles. The minimum atomic E-state index is -0.909. The number of rotatable bonds is 11. The molecule has 3 rings (SSSR count). The second-order valence-corrected chi connectivity index (χ2v) is 9.42. The summed E-state index contributed by atoms with van der Waals surface area (Å²) < 4.78 is 2.32. The maximum absolute atomic E-state index is 13.0. The molecule has 0 saturated heterocycles. The summed E-state index contributed by atoms with van der Waals surface area (Å²) in [5.41, 5.74) is 2.34. The zero-order chi connectivity index (χ0) is 23.3. The third-order valence-corrected chi connectivity index (χ3v) is 7.16. The van der Waals surface area contributed by atoms with Crippen LogP contribution in [0.25, 0.3) is 11.0 Å². The van der Waals surface area contributed by atoms with Crippen molar-refractivity contribution in [3.8, 4) is 0 Å². The molecule has 0 bridgehead atoms. The van der Waals surface area contributed by atoms with E-state index in [1.165, 1.54) is 4.88 Å². The lowest BCUT2D eigenvalue weighted by atomic mass is 9.96. The third-order valence-electron chi connectivity index (χ3n) is 6.29. The van der Waals surface area contributed by atoms with Crippen molar-refractivity contribution in [1.29, 1.82) is 0 Å². The van der Waals surface area contributed by atoms with Gasteiger partial charge in [-0.1, -0.05) is 40.2 Å². The van der Waals surface area contributed by atoms with Crippen LogP contribution in [0.1, 0.15) is 80.5 Å². The first-order chi connectivity index (χ1) is 15.4. The summed E-state index contributed by atoms with van der Waals surface area (Å²) in [4.78, 5) is 30.4. The Morgan fingerprint density at radius 2 is 1.91 bits per heavy atom. The first-order valence-corrected chi connectivity index (χ1v) is 12.3. The fraction of sp³-hybridized carbons (Fsp3) is 0.480. The van der Waals surface area contributed by atoms with Crippen molar-refractivity contribution >= 4 is 34.2 Å². The number of aromatic nitrogens is 2. The minimum Gasteiger partial charge on any atom is -0.481 e. The largest absolute Gasteiger partial charge is 0.481 e. The molecule has 0 radical (unpaired) electrons. The lowest BCUT2D eigenvalue weighted by Crippen LogP contribution is -2.40. The number of hydrogen-bond acceptors (Lipinski definition) is 4. The summed E-state index contributed by atoms with van der Waals surface area (Å²) in [7, 11) is 0. The maximum Gasteiger partial charge on any atom is 0.305 e. The second-order valence-electron chi connectivity index (χ2n) is 8.39. The SMILES string of the molecule is CCC(C)C(CC(=O)O)NC(=O)c1ccc2c(c1)nc(Cc1cccs1)n2C(CC)CC. The van der Waals surface area contributed by atoms with E-state index in [0.717, 1.165) is 42.5 Å². The Hall–Kier alpha value is -2.67. The van der Waals surface area contributed by atoms with Gasteiger partial charge in [-0.3, -0.25) is 9.59 Å². The smallest absolute Gasteiger partial charge is 0.305 e. The number of imidazole rings is 1. The van der Waals surface area contributed by atoms with Crippen molar-refractivity contribution < 1.29 is 14.7 Å². The molecule has 2 atom stereocenters. The highest BCUT2D eigenvalue weighted by Crippen LogP contribution is 2.28. The number of carbonyl (C=O) groups excluding carboxylic acids is 1. The van der Waals surface area contributed by atoms with Gasteiger partial charge in [0.1, 0.15) is 5.82 Å². The number of carbonyl (C=O) groups is 2. The number of carboxylic acid groups (broad SMARTS) is 1. The summed E-state index contributed by atoms with van der Waals surface area (Å²) in [5.74, 6) is -0.0779. The highest BCUT2D eigenvalue weighted by Gasteiger charge is 2.23. The van der Waals surface area contributed by atoms with Gasteiger partial charge in [0.25, 0.3) is 5.91 Å². The average molecular weight is 456 g/mol. The molecule has 1 amide bonds. The number of aliphatic carboxylic acids is 1. The van der Waals surface area contributed by atoms with Gasteiger partial charge in [-0.15, -0.1) is 11.3 Å². The molecule has 0 aliphatic heterocycles. The van der Waals surface area contributed by atoms with Crippen molar-refractivity contribution in [3.05, 3.63) is 52.0 Å². The van der Waals surface area contributed by atoms with E-state index in [1.54, 1.807) is 11.3 Å². The fourth-order valence-electron chi connectivity index (χ4n) is 4.16. The summed E-state index contributed by atoms with van der Waals surface area (Å²) in [6.07, 6.45) is 3.49. The summed E-state index contributed by atoms with van der Waals surface area (Å²) in [6, 6.07) is 9.74. The number of nitrogens with zero attached hydrogens (tertiary/aromatic N) is 2. The van der Waals surface area contributed by atoms with E-state index in [4.69, 9.17) is 4.98 Å². The number of carboxylic acids is 1. The van der Waals surface area contributed by atoms with Crippen molar-refractivity contribution in [2.75, 3.05) is 0 Å². The normalized spacial score (nSPS) is 13.4. The highest BCUT2D eigenvalue weighted by molar-refractivity contribution is 7.09. The van der Waals surface area contributed by atoms with Crippen LogP contribution in [0, 0.1) is 5.92 Å². The van der Waals surface area contributed by atoms with E-state index in [-0.39, 0.29) is 18.2 Å². The van der Waals surface area contributed by atoms with Crippen LogP contribution in [0.3, 0.4) is 0 Å². The van der Waals surface area contributed by atoms with Crippen LogP contribution in [0.2, 0.25) is 0 Å². The van der Waals surface area contributed by atoms with Crippen molar-refractivity contribution in [1.82, 2.24) is 14.9 Å². The summed E-state index contributed by atoms with van der Waals surface area (Å²) >= 11 is 1.72. The quantitative estimate of drug-likeness (QED) is 0.390. The predicted octanol–water partition coefficient (Wildman–Crippen LogP) is 5.67. The molecule has 2 heterocycles. The van der Waals surface area contributed by atoms with Crippen molar-refractivity contribution in [3.63, 3.8) is 0 Å². The van der Waals surface area contributed by atoms with Crippen LogP contribution in [0.15, 0.2) is 35.7 Å². The average Bonchev–Trinajstić information content (AvgIpc) is 3.41. The minimum absolute atomic E-state index is 0.0743. The van der Waals surface area contributed by atoms with E-state index in [9.17, 15) is 14.7 Å². The van der Waals surface area contributed by atoms with Gasteiger partial charge < -0.3 is 15.0 Å². The van der Waals surface area contributed by atoms with Crippen LogP contribution >= 0.6 is 11.3 Å². The Labute approximate surface area is 193 Å². The van der Waals surface area contributed by atoms with Gasteiger partial charge >= 0.3 is 5.97 Å². The Morgan fingerprint density at radius 1 is 1.16 bits per heavy atom. The van der Waals surface area contributed by atoms with Gasteiger partial charge in [0.2, 0.25) is 0 Å². The first kappa shape index (κ1) is 24.0. The molecule has 32 heavy (non-hydrogen) atoms. The highest BCUT2D eigenvalue weighted by atomic mass is 32.1. The number of nitrogens with one attached hydrogen (secondary N) is 1. The molecule has 0 fully saturated rings. The number of hydrogen-bond donors (Lipinski definition) is 2. The topological polar surface area (TPSA) is 84.2 Å². The summed E-state index contributed by atoms with van der Waals surface area (Å²) in [5, 5.41) is 14.2. The van der Waals surface area contributed by atoms with Gasteiger partial charge in [0, 0.05) is 28.9 Å². The zero-order valence-electron chi connectivity index (χ0n) is 19.3. The van der Waals surface area contributed by atoms with Gasteiger partial charge in [0.05, 0.1) is 17.5 Å². The number of fused-ring (bicyclic) bond motifs is 1. The predicted molar refractivity (Wildman–Crippen MR) is 129 cm³/mol. The molecule has 1 aromatic carbocycles. The lowest BCUT2D eigenvalue weighted by molar-refractivity contribution is -0.137. The molecule has 2 N–H and O–H groups in total. The van der Waals surface area contributed by atoms with E-state index < -0.39 is 12.0 Å². The Kier molecular flexibility index (Phi) is 8.07. The van der Waals surface area contributed by atoms with E-state index in [1.807, 2.05) is 32.0 Å². The number of thiophene rings is 1. The third kappa shape index (κ3) is 5.38. The second kappa shape index (κ2) is 10.8. The van der Waals surface area contributed by atoms with Crippen molar-refractivity contribution in [2.45, 2.75) is 71.9 Å². The molecular formula is C25H33N3O3S. The molecule has 0 aliphatic rings. The monoisotopic (exact) mass is 455 g/mol. The molecule has 7 heteroatoms. The van der Waals surface area contributed by atoms with Crippen LogP contribution in [-0.2, 0) is 11.2 Å². The Balaban J connectivity index is 1.95. The van der Waals surface area contributed by atoms with E-state index >= 15 is 0 Å². The van der Waals surface area contributed by atoms with E-state index in [2.05, 4.69) is 41.2 Å². The lowest BCUT2D eigenvalue weighted by Gasteiger charge is -2.23. The van der Waals surface area contributed by atoms with Crippen LogP contribution in [0.4, 0.5) is 0 Å². The van der Waals surface area contributed by atoms with Gasteiger partial charge in [-0.05, 0) is 48.4 Å². The van der Waals surface area contributed by atoms with Gasteiger partial charge in [-0.2, -0.15) is 0 Å². The molecule has 2 unspecified atom stereocenters. The number of benzene rings is 1. The standard InChI is InChI=1S/C25H33N3O3S/c1-5-16(4)20(15-24(29)30)27-25(31)17-10-11-22-21(13-17)26-23(14-19-9-8-12-32-19)28(22)18(6-2)7-3/h8-13,16,18,20H,5-7,14-15H2,1-4H3,(H,27,31)(H,29,30).